The minimum absolute atomic E-state index is 0.647. The van der Waals surface area contributed by atoms with Crippen LogP contribution in [0, 0.1) is 12.3 Å². The maximum atomic E-state index is 5.28. The maximum absolute atomic E-state index is 5.28. The highest BCUT2D eigenvalue weighted by molar-refractivity contribution is 5.43. The molecule has 1 N–H and O–H groups in total. The zero-order valence-corrected chi connectivity index (χ0v) is 7.90. The maximum Gasteiger partial charge on any atom is 0.133 e. The van der Waals surface area contributed by atoms with Gasteiger partial charge in [0.25, 0.3) is 0 Å². The number of terminal acetylenes is 1. The van der Waals surface area contributed by atoms with Gasteiger partial charge in [0.15, 0.2) is 0 Å². The minimum atomic E-state index is 0.647. The van der Waals surface area contributed by atoms with E-state index < -0.39 is 0 Å². The van der Waals surface area contributed by atoms with Gasteiger partial charge in [0.1, 0.15) is 17.8 Å². The van der Waals surface area contributed by atoms with Crippen molar-refractivity contribution in [2.75, 3.05) is 31.1 Å². The van der Waals surface area contributed by atoms with E-state index in [1.54, 1.807) is 0 Å². The van der Waals surface area contributed by atoms with Crippen LogP contribution in [0.3, 0.4) is 0 Å². The van der Waals surface area contributed by atoms with E-state index in [0.29, 0.717) is 5.69 Å². The fourth-order valence-corrected chi connectivity index (χ4v) is 1.49. The zero-order valence-electron chi connectivity index (χ0n) is 7.90. The molecule has 1 saturated heterocycles. The van der Waals surface area contributed by atoms with Crippen molar-refractivity contribution in [1.29, 1.82) is 0 Å². The van der Waals surface area contributed by atoms with E-state index in [-0.39, 0.29) is 0 Å². The predicted molar refractivity (Wildman–Crippen MR) is 55.0 cm³/mol. The Kier molecular flexibility index (Phi) is 2.61. The molecule has 0 saturated carbocycles. The smallest absolute Gasteiger partial charge is 0.133 e. The lowest BCUT2D eigenvalue weighted by atomic mass is 10.3. The molecular weight excluding hydrogens is 176 g/mol. The lowest BCUT2D eigenvalue weighted by molar-refractivity contribution is 0.584. The highest BCUT2D eigenvalue weighted by Gasteiger charge is 2.11. The molecule has 1 aromatic heterocycles. The molecule has 4 heteroatoms. The normalized spacial score (nSPS) is 16.4. The van der Waals surface area contributed by atoms with E-state index in [1.807, 2.05) is 6.07 Å². The highest BCUT2D eigenvalue weighted by Crippen LogP contribution is 2.10. The van der Waals surface area contributed by atoms with Crippen LogP contribution in [0.5, 0.6) is 0 Å². The number of aromatic nitrogens is 2. The van der Waals surface area contributed by atoms with Crippen molar-refractivity contribution in [3.63, 3.8) is 0 Å². The molecule has 72 valence electrons. The van der Waals surface area contributed by atoms with Crippen LogP contribution in [0.1, 0.15) is 5.69 Å². The summed E-state index contributed by atoms with van der Waals surface area (Å²) in [6.45, 7) is 3.94. The van der Waals surface area contributed by atoms with Crippen LogP contribution in [0.25, 0.3) is 0 Å². The summed E-state index contributed by atoms with van der Waals surface area (Å²) >= 11 is 0. The van der Waals surface area contributed by atoms with Gasteiger partial charge in [-0.25, -0.2) is 9.97 Å². The second-order valence-electron chi connectivity index (χ2n) is 3.14. The van der Waals surface area contributed by atoms with E-state index in [2.05, 4.69) is 26.1 Å². The fraction of sp³-hybridized carbons (Fsp3) is 0.400. The van der Waals surface area contributed by atoms with Crippen molar-refractivity contribution in [2.24, 2.45) is 0 Å². The summed E-state index contributed by atoms with van der Waals surface area (Å²) < 4.78 is 0. The van der Waals surface area contributed by atoms with Gasteiger partial charge >= 0.3 is 0 Å². The van der Waals surface area contributed by atoms with Crippen LogP contribution in [-0.4, -0.2) is 36.1 Å². The number of hydrogen-bond donors (Lipinski definition) is 1. The van der Waals surface area contributed by atoms with E-state index in [4.69, 9.17) is 6.42 Å². The van der Waals surface area contributed by atoms with Gasteiger partial charge < -0.3 is 10.2 Å². The summed E-state index contributed by atoms with van der Waals surface area (Å²) in [6.07, 6.45) is 6.80. The van der Waals surface area contributed by atoms with Gasteiger partial charge in [-0.3, -0.25) is 0 Å². The van der Waals surface area contributed by atoms with Crippen molar-refractivity contribution in [3.8, 4) is 12.3 Å². The molecule has 0 atom stereocenters. The average molecular weight is 188 g/mol. The lowest BCUT2D eigenvalue weighted by Crippen LogP contribution is -2.43. The molecule has 2 heterocycles. The van der Waals surface area contributed by atoms with Crippen LogP contribution >= 0.6 is 0 Å². The second kappa shape index (κ2) is 4.07. The Labute approximate surface area is 83.4 Å². The van der Waals surface area contributed by atoms with Gasteiger partial charge in [-0.2, -0.15) is 0 Å². The van der Waals surface area contributed by atoms with Crippen molar-refractivity contribution >= 4 is 5.82 Å². The summed E-state index contributed by atoms with van der Waals surface area (Å²) in [4.78, 5) is 10.4. The van der Waals surface area contributed by atoms with E-state index >= 15 is 0 Å². The first-order chi connectivity index (χ1) is 6.90. The molecule has 0 unspecified atom stereocenters. The average Bonchev–Trinajstić information content (AvgIpc) is 2.30. The van der Waals surface area contributed by atoms with E-state index in [1.165, 1.54) is 6.33 Å². The molecule has 0 radical (unpaired) electrons. The number of rotatable bonds is 1. The first-order valence-corrected chi connectivity index (χ1v) is 4.64. The van der Waals surface area contributed by atoms with Gasteiger partial charge in [0, 0.05) is 32.2 Å². The number of piperazine rings is 1. The van der Waals surface area contributed by atoms with Gasteiger partial charge in [0.2, 0.25) is 0 Å². The Balaban J connectivity index is 2.18. The van der Waals surface area contributed by atoms with Crippen LogP contribution in [0.4, 0.5) is 5.82 Å². The van der Waals surface area contributed by atoms with Crippen LogP contribution < -0.4 is 10.2 Å². The molecule has 14 heavy (non-hydrogen) atoms. The molecule has 1 aliphatic rings. The lowest BCUT2D eigenvalue weighted by Gasteiger charge is -2.28. The first kappa shape index (κ1) is 8.97. The summed E-state index contributed by atoms with van der Waals surface area (Å²) in [5, 5.41) is 3.29. The Morgan fingerprint density at radius 1 is 1.36 bits per heavy atom. The monoisotopic (exact) mass is 188 g/mol. The van der Waals surface area contributed by atoms with Crippen molar-refractivity contribution in [1.82, 2.24) is 15.3 Å². The molecule has 1 fully saturated rings. The Morgan fingerprint density at radius 3 is 2.86 bits per heavy atom. The van der Waals surface area contributed by atoms with Crippen molar-refractivity contribution < 1.29 is 0 Å². The van der Waals surface area contributed by atoms with Crippen LogP contribution in [0.15, 0.2) is 12.4 Å². The standard InChI is InChI=1S/C10H12N4/c1-2-9-7-10(13-8-12-9)14-5-3-11-4-6-14/h1,7-8,11H,3-6H2. The summed E-state index contributed by atoms with van der Waals surface area (Å²) in [6, 6.07) is 1.85. The van der Waals surface area contributed by atoms with Gasteiger partial charge in [-0.1, -0.05) is 5.92 Å². The van der Waals surface area contributed by atoms with E-state index in [0.717, 1.165) is 32.0 Å². The largest absolute Gasteiger partial charge is 0.354 e. The third-order valence-corrected chi connectivity index (χ3v) is 2.24. The summed E-state index contributed by atoms with van der Waals surface area (Å²) in [7, 11) is 0. The third-order valence-electron chi connectivity index (χ3n) is 2.24. The molecule has 1 aromatic rings. The summed E-state index contributed by atoms with van der Waals surface area (Å²) in [5.41, 5.74) is 0.647. The molecule has 0 aliphatic carbocycles. The number of hydrogen-bond acceptors (Lipinski definition) is 4. The molecule has 4 nitrogen and oxygen atoms in total. The molecule has 0 spiro atoms. The molecule has 0 aromatic carbocycles. The van der Waals surface area contributed by atoms with Crippen molar-refractivity contribution in [3.05, 3.63) is 18.1 Å². The number of anilines is 1. The molecular formula is C10H12N4. The van der Waals surface area contributed by atoms with E-state index in [9.17, 15) is 0 Å². The van der Waals surface area contributed by atoms with Gasteiger partial charge in [-0.15, -0.1) is 6.42 Å². The molecule has 1 aliphatic heterocycles. The fourth-order valence-electron chi connectivity index (χ4n) is 1.49. The Bertz CT molecular complexity index is 349. The SMILES string of the molecule is C#Cc1cc(N2CCNCC2)ncn1. The topological polar surface area (TPSA) is 41.0 Å². The molecule has 0 bridgehead atoms. The molecule has 0 amide bonds. The summed E-state index contributed by atoms with van der Waals surface area (Å²) in [5.74, 6) is 3.44. The molecule has 2 rings (SSSR count). The third kappa shape index (κ3) is 1.83. The van der Waals surface area contributed by atoms with Crippen LogP contribution in [0.2, 0.25) is 0 Å². The van der Waals surface area contributed by atoms with Crippen LogP contribution in [-0.2, 0) is 0 Å². The Hall–Kier alpha value is -1.60. The zero-order chi connectivity index (χ0) is 9.80. The first-order valence-electron chi connectivity index (χ1n) is 4.64. The Morgan fingerprint density at radius 2 is 2.14 bits per heavy atom. The predicted octanol–water partition coefficient (Wildman–Crippen LogP) is -0.133. The second-order valence-corrected chi connectivity index (χ2v) is 3.14. The highest BCUT2D eigenvalue weighted by atomic mass is 15.2. The minimum Gasteiger partial charge on any atom is -0.354 e. The number of nitrogens with one attached hydrogen (secondary N) is 1. The van der Waals surface area contributed by atoms with Crippen molar-refractivity contribution in [2.45, 2.75) is 0 Å². The van der Waals surface area contributed by atoms with Gasteiger partial charge in [0.05, 0.1) is 0 Å². The van der Waals surface area contributed by atoms with Gasteiger partial charge in [-0.05, 0) is 0 Å². The number of nitrogens with zero attached hydrogens (tertiary/aromatic N) is 3. The quantitative estimate of drug-likeness (QED) is 0.623.